The molecule has 27 heavy (non-hydrogen) atoms. The quantitative estimate of drug-likeness (QED) is 0.736. The summed E-state index contributed by atoms with van der Waals surface area (Å²) in [6.07, 6.45) is 1.68. The van der Waals surface area contributed by atoms with Crippen LogP contribution in [-0.4, -0.2) is 32.3 Å². The first-order valence-electron chi connectivity index (χ1n) is 8.36. The van der Waals surface area contributed by atoms with E-state index < -0.39 is 10.0 Å². The standard InChI is InChI=1S/C19H18BrN3O3S/c1-23(12-14-4-2-3-13(9-14)11-21)19(24)17-10-16(7-8-18(17)20)27(25,26)22-15-5-6-15/h2-4,7-10,15,22H,5-6,12H2,1H3. The first kappa shape index (κ1) is 19.5. The zero-order valence-corrected chi connectivity index (χ0v) is 17.0. The number of sulfonamides is 1. The van der Waals surface area contributed by atoms with Crippen LogP contribution in [0.25, 0.3) is 0 Å². The van der Waals surface area contributed by atoms with Crippen LogP contribution in [0.1, 0.15) is 34.3 Å². The Kier molecular flexibility index (Phi) is 5.65. The molecule has 1 amide bonds. The van der Waals surface area contributed by atoms with E-state index in [-0.39, 0.29) is 22.4 Å². The molecule has 0 saturated heterocycles. The molecule has 2 aromatic carbocycles. The third kappa shape index (κ3) is 4.75. The number of hydrogen-bond donors (Lipinski definition) is 1. The van der Waals surface area contributed by atoms with Crippen molar-refractivity contribution < 1.29 is 13.2 Å². The Labute approximate surface area is 167 Å². The molecule has 0 bridgehead atoms. The second-order valence-electron chi connectivity index (χ2n) is 6.51. The average molecular weight is 448 g/mol. The van der Waals surface area contributed by atoms with Gasteiger partial charge in [0.25, 0.3) is 5.91 Å². The molecule has 0 heterocycles. The molecule has 6 nitrogen and oxygen atoms in total. The monoisotopic (exact) mass is 447 g/mol. The Balaban J connectivity index is 1.82. The van der Waals surface area contributed by atoms with Gasteiger partial charge in [0.05, 0.1) is 22.1 Å². The second-order valence-corrected chi connectivity index (χ2v) is 9.08. The number of halogens is 1. The molecule has 1 fully saturated rings. The number of carbonyl (C=O) groups excluding carboxylic acids is 1. The lowest BCUT2D eigenvalue weighted by Crippen LogP contribution is -2.28. The van der Waals surface area contributed by atoms with Crippen molar-refractivity contribution in [2.75, 3.05) is 7.05 Å². The van der Waals surface area contributed by atoms with Crippen molar-refractivity contribution in [2.45, 2.75) is 30.3 Å². The van der Waals surface area contributed by atoms with E-state index in [2.05, 4.69) is 26.7 Å². The first-order valence-corrected chi connectivity index (χ1v) is 10.6. The molecule has 1 N–H and O–H groups in total. The minimum atomic E-state index is -3.64. The molecular weight excluding hydrogens is 430 g/mol. The molecule has 0 aliphatic heterocycles. The maximum absolute atomic E-state index is 12.9. The van der Waals surface area contributed by atoms with Gasteiger partial charge in [-0.15, -0.1) is 0 Å². The van der Waals surface area contributed by atoms with Gasteiger partial charge in [0.2, 0.25) is 10.0 Å². The number of nitriles is 1. The van der Waals surface area contributed by atoms with Crippen LogP contribution in [0.4, 0.5) is 0 Å². The fraction of sp³-hybridized carbons (Fsp3) is 0.263. The van der Waals surface area contributed by atoms with E-state index in [0.717, 1.165) is 18.4 Å². The molecule has 2 aromatic rings. The van der Waals surface area contributed by atoms with Crippen molar-refractivity contribution in [3.8, 4) is 6.07 Å². The van der Waals surface area contributed by atoms with Gasteiger partial charge >= 0.3 is 0 Å². The van der Waals surface area contributed by atoms with Gasteiger partial charge in [0.1, 0.15) is 0 Å². The number of amides is 1. The van der Waals surface area contributed by atoms with Crippen LogP contribution < -0.4 is 4.72 Å². The molecular formula is C19H18BrN3O3S. The fourth-order valence-electron chi connectivity index (χ4n) is 2.61. The van der Waals surface area contributed by atoms with Crippen LogP contribution in [0.15, 0.2) is 51.8 Å². The van der Waals surface area contributed by atoms with Crippen LogP contribution >= 0.6 is 15.9 Å². The second kappa shape index (κ2) is 7.80. The smallest absolute Gasteiger partial charge is 0.255 e. The van der Waals surface area contributed by atoms with E-state index in [0.29, 0.717) is 16.6 Å². The maximum atomic E-state index is 12.9. The SMILES string of the molecule is CN(Cc1cccc(C#N)c1)C(=O)c1cc(S(=O)(=O)NC2CC2)ccc1Br. The molecule has 0 spiro atoms. The fourth-order valence-corrected chi connectivity index (χ4v) is 4.36. The molecule has 1 aliphatic carbocycles. The highest BCUT2D eigenvalue weighted by atomic mass is 79.9. The topological polar surface area (TPSA) is 90.3 Å². The van der Waals surface area contributed by atoms with Crippen LogP contribution in [0, 0.1) is 11.3 Å². The summed E-state index contributed by atoms with van der Waals surface area (Å²) in [6, 6.07) is 13.5. The largest absolute Gasteiger partial charge is 0.337 e. The number of nitrogens with one attached hydrogen (secondary N) is 1. The van der Waals surface area contributed by atoms with Gasteiger partial charge < -0.3 is 4.90 Å². The predicted molar refractivity (Wildman–Crippen MR) is 104 cm³/mol. The highest BCUT2D eigenvalue weighted by Gasteiger charge is 2.29. The zero-order valence-electron chi connectivity index (χ0n) is 14.6. The van der Waals surface area contributed by atoms with Crippen molar-refractivity contribution in [3.05, 3.63) is 63.6 Å². The molecule has 0 radical (unpaired) electrons. The molecule has 140 valence electrons. The number of benzene rings is 2. The van der Waals surface area contributed by atoms with E-state index in [4.69, 9.17) is 5.26 Å². The Morgan fingerprint density at radius 1 is 1.30 bits per heavy atom. The van der Waals surface area contributed by atoms with Crippen molar-refractivity contribution in [1.29, 1.82) is 5.26 Å². The van der Waals surface area contributed by atoms with Gasteiger partial charge in [-0.1, -0.05) is 12.1 Å². The van der Waals surface area contributed by atoms with E-state index in [1.54, 1.807) is 31.3 Å². The zero-order chi connectivity index (χ0) is 19.6. The lowest BCUT2D eigenvalue weighted by molar-refractivity contribution is 0.0784. The van der Waals surface area contributed by atoms with Crippen LogP contribution in [0.2, 0.25) is 0 Å². The minimum Gasteiger partial charge on any atom is -0.337 e. The normalized spacial score (nSPS) is 13.8. The highest BCUT2D eigenvalue weighted by molar-refractivity contribution is 9.10. The van der Waals surface area contributed by atoms with E-state index in [1.807, 2.05) is 6.07 Å². The Morgan fingerprint density at radius 3 is 2.70 bits per heavy atom. The summed E-state index contributed by atoms with van der Waals surface area (Å²) in [5.74, 6) is -0.312. The molecule has 0 aromatic heterocycles. The van der Waals surface area contributed by atoms with Gasteiger partial charge in [-0.3, -0.25) is 4.79 Å². The molecule has 0 atom stereocenters. The van der Waals surface area contributed by atoms with Crippen molar-refractivity contribution in [3.63, 3.8) is 0 Å². The summed E-state index contributed by atoms with van der Waals surface area (Å²) in [5.41, 5.74) is 1.61. The van der Waals surface area contributed by atoms with Crippen LogP contribution in [0.3, 0.4) is 0 Å². The van der Waals surface area contributed by atoms with Gasteiger partial charge in [-0.25, -0.2) is 13.1 Å². The summed E-state index contributed by atoms with van der Waals surface area (Å²) in [5, 5.41) is 8.99. The Bertz CT molecular complexity index is 1030. The molecule has 0 unspecified atom stereocenters. The number of rotatable bonds is 6. The maximum Gasteiger partial charge on any atom is 0.255 e. The Morgan fingerprint density at radius 2 is 2.04 bits per heavy atom. The molecule has 3 rings (SSSR count). The summed E-state index contributed by atoms with van der Waals surface area (Å²) in [4.78, 5) is 14.4. The first-order chi connectivity index (χ1) is 12.8. The lowest BCUT2D eigenvalue weighted by Gasteiger charge is -2.19. The van der Waals surface area contributed by atoms with Crippen molar-refractivity contribution in [1.82, 2.24) is 9.62 Å². The van der Waals surface area contributed by atoms with E-state index in [1.165, 1.54) is 17.0 Å². The average Bonchev–Trinajstić information content (AvgIpc) is 3.44. The Hall–Kier alpha value is -2.21. The van der Waals surface area contributed by atoms with Crippen LogP contribution in [0.5, 0.6) is 0 Å². The van der Waals surface area contributed by atoms with Gasteiger partial charge in [-0.2, -0.15) is 5.26 Å². The number of carbonyl (C=O) groups is 1. The third-order valence-corrected chi connectivity index (χ3v) is 6.41. The van der Waals surface area contributed by atoms with E-state index in [9.17, 15) is 13.2 Å². The summed E-state index contributed by atoms with van der Waals surface area (Å²) in [7, 11) is -2.00. The van der Waals surface area contributed by atoms with Gasteiger partial charge in [-0.05, 0) is 64.7 Å². The summed E-state index contributed by atoms with van der Waals surface area (Å²) < 4.78 is 28.0. The molecule has 8 heteroatoms. The summed E-state index contributed by atoms with van der Waals surface area (Å²) in [6.45, 7) is 0.304. The minimum absolute atomic E-state index is 0.00659. The highest BCUT2D eigenvalue weighted by Crippen LogP contribution is 2.26. The van der Waals surface area contributed by atoms with Crippen molar-refractivity contribution in [2.24, 2.45) is 0 Å². The third-order valence-electron chi connectivity index (χ3n) is 4.20. The molecule has 1 saturated carbocycles. The number of nitrogens with zero attached hydrogens (tertiary/aromatic N) is 2. The van der Waals surface area contributed by atoms with Crippen LogP contribution in [-0.2, 0) is 16.6 Å². The van der Waals surface area contributed by atoms with Crippen molar-refractivity contribution >= 4 is 31.9 Å². The predicted octanol–water partition coefficient (Wildman–Crippen LogP) is 3.03. The van der Waals surface area contributed by atoms with E-state index >= 15 is 0 Å². The number of hydrogen-bond acceptors (Lipinski definition) is 4. The van der Waals surface area contributed by atoms with Gasteiger partial charge in [0, 0.05) is 24.1 Å². The molecule has 1 aliphatic rings. The summed E-state index contributed by atoms with van der Waals surface area (Å²) >= 11 is 3.33. The van der Waals surface area contributed by atoms with Gasteiger partial charge in [0.15, 0.2) is 0 Å². The lowest BCUT2D eigenvalue weighted by atomic mass is 10.1.